The van der Waals surface area contributed by atoms with Crippen molar-refractivity contribution in [3.63, 3.8) is 0 Å². The number of rotatable bonds is 1. The van der Waals surface area contributed by atoms with Crippen LogP contribution in [0.5, 0.6) is 0 Å². The molecule has 0 nitrogen and oxygen atoms in total. The topological polar surface area (TPSA) is 0 Å². The molecule has 0 aromatic rings. The molecule has 1 heteroatoms. The molecule has 0 rings (SSSR count). The zero-order chi connectivity index (χ0) is 6.78. The summed E-state index contributed by atoms with van der Waals surface area (Å²) in [5, 5.41) is 0. The van der Waals surface area contributed by atoms with E-state index in [0.717, 1.165) is 5.66 Å². The second-order valence-corrected chi connectivity index (χ2v) is 4.19. The highest BCUT2D eigenvalue weighted by Crippen LogP contribution is 2.27. The fourth-order valence-corrected chi connectivity index (χ4v) is 0.612. The maximum absolute atomic E-state index is 2.88. The van der Waals surface area contributed by atoms with E-state index in [0.29, 0.717) is 5.41 Å². The number of hydrogen-bond donors (Lipinski definition) is 0. The van der Waals surface area contributed by atoms with Crippen molar-refractivity contribution < 1.29 is 0 Å². The molecule has 0 aromatic carbocycles. The van der Waals surface area contributed by atoms with Crippen LogP contribution < -0.4 is 0 Å². The molecule has 0 spiro atoms. The Morgan fingerprint density at radius 2 is 1.75 bits per heavy atom. The molecule has 0 amide bonds. The second-order valence-electron chi connectivity index (χ2n) is 3.38. The Morgan fingerprint density at radius 3 is 1.75 bits per heavy atom. The van der Waals surface area contributed by atoms with Gasteiger partial charge in [-0.2, -0.15) is 0 Å². The minimum Gasteiger partial charge on any atom is -0.134 e. The molecule has 2 atom stereocenters. The van der Waals surface area contributed by atoms with Gasteiger partial charge in [0.1, 0.15) is 0 Å². The smallest absolute Gasteiger partial charge is 0.0218 e. The van der Waals surface area contributed by atoms with E-state index in [4.69, 9.17) is 0 Å². The Labute approximate surface area is 55.3 Å². The summed E-state index contributed by atoms with van der Waals surface area (Å²) in [6, 6.07) is 0. The quantitative estimate of drug-likeness (QED) is 0.481. The second kappa shape index (κ2) is 2.82. The monoisotopic (exact) mass is 132 g/mol. The summed E-state index contributed by atoms with van der Waals surface area (Å²) in [5.41, 5.74) is 1.24. The van der Waals surface area contributed by atoms with Crippen molar-refractivity contribution in [3.8, 4) is 0 Å². The van der Waals surface area contributed by atoms with Crippen molar-refractivity contribution in [2.75, 3.05) is 0 Å². The molecule has 0 heterocycles. The van der Waals surface area contributed by atoms with E-state index >= 15 is 0 Å². The van der Waals surface area contributed by atoms with Crippen LogP contribution in [0.3, 0.4) is 0 Å². The Morgan fingerprint density at radius 1 is 1.38 bits per heavy atom. The fourth-order valence-electron chi connectivity index (χ4n) is 0.612. The predicted octanol–water partition coefficient (Wildman–Crippen LogP) is 2.69. The van der Waals surface area contributed by atoms with E-state index in [1.165, 1.54) is 6.42 Å². The zero-order valence-electron chi connectivity index (χ0n) is 6.36. The van der Waals surface area contributed by atoms with Crippen LogP contribution in [0.15, 0.2) is 0 Å². The van der Waals surface area contributed by atoms with Gasteiger partial charge in [-0.3, -0.25) is 0 Å². The third kappa shape index (κ3) is 2.67. The number of hydrogen-bond acceptors (Lipinski definition) is 0. The molecule has 2 unspecified atom stereocenters. The molecule has 50 valence electrons. The van der Waals surface area contributed by atoms with Crippen LogP contribution in [0.2, 0.25) is 0 Å². The van der Waals surface area contributed by atoms with Crippen LogP contribution in [0.4, 0.5) is 0 Å². The van der Waals surface area contributed by atoms with E-state index in [2.05, 4.69) is 36.9 Å². The van der Waals surface area contributed by atoms with Crippen LogP contribution in [0.1, 0.15) is 34.1 Å². The minimum absolute atomic E-state index is 0.472. The van der Waals surface area contributed by atoms with Gasteiger partial charge in [-0.25, -0.2) is 0 Å². The first-order valence-corrected chi connectivity index (χ1v) is 3.90. The summed E-state index contributed by atoms with van der Waals surface area (Å²) < 4.78 is 0. The third-order valence-electron chi connectivity index (χ3n) is 1.55. The van der Waals surface area contributed by atoms with Crippen LogP contribution in [-0.2, 0) is 0 Å². The molecule has 0 saturated heterocycles. The molecule has 0 aromatic heterocycles. The largest absolute Gasteiger partial charge is 0.134 e. The van der Waals surface area contributed by atoms with E-state index in [-0.39, 0.29) is 0 Å². The van der Waals surface area contributed by atoms with Crippen molar-refractivity contribution in [1.29, 1.82) is 0 Å². The Balaban J connectivity index is 3.62. The predicted molar refractivity (Wildman–Crippen MR) is 43.2 cm³/mol. The molecule has 0 aliphatic heterocycles. The summed E-state index contributed by atoms with van der Waals surface area (Å²) in [6.45, 7) is 9.04. The Kier molecular flexibility index (Phi) is 2.98. The van der Waals surface area contributed by atoms with Crippen molar-refractivity contribution in [2.45, 2.75) is 39.8 Å². The molecule has 0 aliphatic rings. The third-order valence-corrected chi connectivity index (χ3v) is 3.02. The molecular formula is C7H17P. The van der Waals surface area contributed by atoms with Crippen LogP contribution in [0.25, 0.3) is 0 Å². The molecule has 8 heavy (non-hydrogen) atoms. The van der Waals surface area contributed by atoms with Crippen molar-refractivity contribution in [2.24, 2.45) is 5.41 Å². The maximum Gasteiger partial charge on any atom is -0.0218 e. The summed E-state index contributed by atoms with van der Waals surface area (Å²) in [5.74, 6) is 0. The standard InChI is InChI=1S/C7H17P/c1-5-6(8)7(2,3)4/h6H,5,8H2,1-4H3. The zero-order valence-corrected chi connectivity index (χ0v) is 7.52. The Hall–Kier alpha value is 0.430. The first-order chi connectivity index (χ1) is 3.48. The summed E-state index contributed by atoms with van der Waals surface area (Å²) in [6.07, 6.45) is 1.26. The van der Waals surface area contributed by atoms with Crippen molar-refractivity contribution in [3.05, 3.63) is 0 Å². The van der Waals surface area contributed by atoms with E-state index in [1.807, 2.05) is 0 Å². The molecule has 0 fully saturated rings. The van der Waals surface area contributed by atoms with Crippen molar-refractivity contribution in [1.82, 2.24) is 0 Å². The maximum atomic E-state index is 2.88. The first-order valence-electron chi connectivity index (χ1n) is 3.24. The van der Waals surface area contributed by atoms with E-state index in [9.17, 15) is 0 Å². The highest BCUT2D eigenvalue weighted by molar-refractivity contribution is 7.17. The summed E-state index contributed by atoms with van der Waals surface area (Å²) in [7, 11) is 2.88. The van der Waals surface area contributed by atoms with Crippen molar-refractivity contribution >= 4 is 9.24 Å². The summed E-state index contributed by atoms with van der Waals surface area (Å²) >= 11 is 0. The molecule has 0 N–H and O–H groups in total. The SMILES string of the molecule is CCC(P)C(C)(C)C. The average Bonchev–Trinajstić information content (AvgIpc) is 1.62. The molecule has 0 bridgehead atoms. The molecule has 0 radical (unpaired) electrons. The lowest BCUT2D eigenvalue weighted by Crippen LogP contribution is -2.18. The van der Waals surface area contributed by atoms with Gasteiger partial charge in [-0.05, 0) is 17.5 Å². The highest BCUT2D eigenvalue weighted by Gasteiger charge is 2.17. The van der Waals surface area contributed by atoms with Gasteiger partial charge in [-0.1, -0.05) is 27.7 Å². The summed E-state index contributed by atoms with van der Waals surface area (Å²) in [4.78, 5) is 0. The van der Waals surface area contributed by atoms with E-state index < -0.39 is 0 Å². The molecule has 0 aliphatic carbocycles. The van der Waals surface area contributed by atoms with Crippen LogP contribution in [0, 0.1) is 5.41 Å². The van der Waals surface area contributed by atoms with Gasteiger partial charge in [0, 0.05) is 0 Å². The van der Waals surface area contributed by atoms with Crippen LogP contribution >= 0.6 is 9.24 Å². The average molecular weight is 132 g/mol. The van der Waals surface area contributed by atoms with E-state index in [1.54, 1.807) is 0 Å². The van der Waals surface area contributed by atoms with Gasteiger partial charge in [-0.15, -0.1) is 9.24 Å². The van der Waals surface area contributed by atoms with Gasteiger partial charge < -0.3 is 0 Å². The minimum atomic E-state index is 0.472. The lowest BCUT2D eigenvalue weighted by molar-refractivity contribution is 0.387. The fraction of sp³-hybridized carbons (Fsp3) is 1.00. The van der Waals surface area contributed by atoms with Gasteiger partial charge in [0.05, 0.1) is 0 Å². The van der Waals surface area contributed by atoms with Crippen LogP contribution in [-0.4, -0.2) is 5.66 Å². The normalized spacial score (nSPS) is 16.1. The van der Waals surface area contributed by atoms with Gasteiger partial charge in [0.25, 0.3) is 0 Å². The van der Waals surface area contributed by atoms with Gasteiger partial charge >= 0.3 is 0 Å². The van der Waals surface area contributed by atoms with Gasteiger partial charge in [0.15, 0.2) is 0 Å². The first kappa shape index (κ1) is 8.43. The molecule has 0 saturated carbocycles. The van der Waals surface area contributed by atoms with Gasteiger partial charge in [0.2, 0.25) is 0 Å². The Bertz CT molecular complexity index is 61.3. The lowest BCUT2D eigenvalue weighted by Gasteiger charge is -2.25. The highest BCUT2D eigenvalue weighted by atomic mass is 31.0. The molecular weight excluding hydrogens is 115 g/mol. The lowest BCUT2D eigenvalue weighted by atomic mass is 9.90.